The van der Waals surface area contributed by atoms with Crippen molar-refractivity contribution < 1.29 is 9.53 Å². The second-order valence-electron chi connectivity index (χ2n) is 3.40. The molecule has 2 aromatic rings. The van der Waals surface area contributed by atoms with E-state index >= 15 is 0 Å². The largest absolute Gasteiger partial charge is 0.380 e. The number of hydrogen-bond acceptors (Lipinski definition) is 4. The third-order valence-electron chi connectivity index (χ3n) is 2.21. The number of carbonyl (C=O) groups excluding carboxylic acids is 1. The van der Waals surface area contributed by atoms with Crippen LogP contribution in [0.25, 0.3) is 0 Å². The van der Waals surface area contributed by atoms with Gasteiger partial charge in [0.15, 0.2) is 5.69 Å². The zero-order valence-electron chi connectivity index (χ0n) is 9.30. The van der Waals surface area contributed by atoms with Crippen LogP contribution in [0, 0.1) is 0 Å². The molecular formula is C11H12N4O2. The third kappa shape index (κ3) is 2.67. The SMILES string of the molecule is COCc1ccccc1NC(=O)c1cn[nH]n1. The summed E-state index contributed by atoms with van der Waals surface area (Å²) >= 11 is 0. The molecule has 1 heterocycles. The molecule has 17 heavy (non-hydrogen) atoms. The van der Waals surface area contributed by atoms with E-state index in [2.05, 4.69) is 20.7 Å². The van der Waals surface area contributed by atoms with Crippen LogP contribution >= 0.6 is 0 Å². The molecule has 0 bridgehead atoms. The van der Waals surface area contributed by atoms with Crippen LogP contribution < -0.4 is 5.32 Å². The number of methoxy groups -OCH3 is 1. The number of aromatic nitrogens is 3. The number of rotatable bonds is 4. The number of ether oxygens (including phenoxy) is 1. The molecular weight excluding hydrogens is 220 g/mol. The molecule has 0 unspecified atom stereocenters. The van der Waals surface area contributed by atoms with Gasteiger partial charge in [0.1, 0.15) is 0 Å². The lowest BCUT2D eigenvalue weighted by Crippen LogP contribution is -2.14. The highest BCUT2D eigenvalue weighted by Crippen LogP contribution is 2.16. The number of benzene rings is 1. The van der Waals surface area contributed by atoms with Gasteiger partial charge in [-0.25, -0.2) is 0 Å². The van der Waals surface area contributed by atoms with E-state index in [0.29, 0.717) is 12.3 Å². The summed E-state index contributed by atoms with van der Waals surface area (Å²) in [5.41, 5.74) is 1.87. The summed E-state index contributed by atoms with van der Waals surface area (Å²) in [5.74, 6) is -0.303. The molecule has 1 aromatic heterocycles. The van der Waals surface area contributed by atoms with Crippen LogP contribution in [0.2, 0.25) is 0 Å². The lowest BCUT2D eigenvalue weighted by molar-refractivity contribution is 0.102. The van der Waals surface area contributed by atoms with Gasteiger partial charge in [-0.15, -0.1) is 0 Å². The fraction of sp³-hybridized carbons (Fsp3) is 0.182. The first-order chi connectivity index (χ1) is 8.31. The van der Waals surface area contributed by atoms with Gasteiger partial charge in [0.05, 0.1) is 12.8 Å². The monoisotopic (exact) mass is 232 g/mol. The van der Waals surface area contributed by atoms with Gasteiger partial charge < -0.3 is 10.1 Å². The summed E-state index contributed by atoms with van der Waals surface area (Å²) in [5, 5.41) is 12.4. The minimum Gasteiger partial charge on any atom is -0.380 e. The molecule has 0 fully saturated rings. The third-order valence-corrected chi connectivity index (χ3v) is 2.21. The van der Waals surface area contributed by atoms with Crippen molar-refractivity contribution in [3.8, 4) is 0 Å². The molecule has 88 valence electrons. The fourth-order valence-corrected chi connectivity index (χ4v) is 1.42. The number of hydrogen-bond donors (Lipinski definition) is 2. The second kappa shape index (κ2) is 5.22. The first-order valence-electron chi connectivity index (χ1n) is 5.05. The zero-order chi connectivity index (χ0) is 12.1. The van der Waals surface area contributed by atoms with Crippen LogP contribution in [-0.2, 0) is 11.3 Å². The van der Waals surface area contributed by atoms with E-state index in [1.807, 2.05) is 24.3 Å². The molecule has 0 saturated heterocycles. The number of amides is 1. The van der Waals surface area contributed by atoms with Crippen molar-refractivity contribution in [1.82, 2.24) is 15.4 Å². The number of anilines is 1. The quantitative estimate of drug-likeness (QED) is 0.830. The van der Waals surface area contributed by atoms with E-state index in [0.717, 1.165) is 5.56 Å². The number of nitrogens with zero attached hydrogens (tertiary/aromatic N) is 2. The summed E-state index contributed by atoms with van der Waals surface area (Å²) in [6.07, 6.45) is 1.37. The Bertz CT molecular complexity index is 496. The Kier molecular flexibility index (Phi) is 3.46. The highest BCUT2D eigenvalue weighted by atomic mass is 16.5. The van der Waals surface area contributed by atoms with E-state index in [9.17, 15) is 4.79 Å². The van der Waals surface area contributed by atoms with Crippen LogP contribution in [0.3, 0.4) is 0 Å². The minimum atomic E-state index is -0.303. The summed E-state index contributed by atoms with van der Waals surface area (Å²) in [4.78, 5) is 11.8. The molecule has 0 saturated carbocycles. The Morgan fingerprint density at radius 3 is 3.00 bits per heavy atom. The van der Waals surface area contributed by atoms with Crippen molar-refractivity contribution in [1.29, 1.82) is 0 Å². The summed E-state index contributed by atoms with van der Waals surface area (Å²) < 4.78 is 5.06. The van der Waals surface area contributed by atoms with E-state index in [-0.39, 0.29) is 11.6 Å². The molecule has 6 heteroatoms. The summed E-state index contributed by atoms with van der Waals surface area (Å²) in [7, 11) is 1.61. The number of para-hydroxylation sites is 1. The smallest absolute Gasteiger partial charge is 0.277 e. The molecule has 2 N–H and O–H groups in total. The summed E-state index contributed by atoms with van der Waals surface area (Å²) in [6.45, 7) is 0.440. The van der Waals surface area contributed by atoms with Crippen molar-refractivity contribution in [2.24, 2.45) is 0 Å². The predicted molar refractivity (Wildman–Crippen MR) is 61.5 cm³/mol. The lowest BCUT2D eigenvalue weighted by Gasteiger charge is -2.08. The van der Waals surface area contributed by atoms with Gasteiger partial charge in [-0.05, 0) is 6.07 Å². The summed E-state index contributed by atoms with van der Waals surface area (Å²) in [6, 6.07) is 7.44. The van der Waals surface area contributed by atoms with Gasteiger partial charge in [0.2, 0.25) is 0 Å². The van der Waals surface area contributed by atoms with Gasteiger partial charge in [-0.3, -0.25) is 4.79 Å². The highest BCUT2D eigenvalue weighted by Gasteiger charge is 2.10. The van der Waals surface area contributed by atoms with E-state index in [1.54, 1.807) is 7.11 Å². The molecule has 1 aromatic carbocycles. The van der Waals surface area contributed by atoms with Crippen LogP contribution in [0.1, 0.15) is 16.1 Å². The first-order valence-corrected chi connectivity index (χ1v) is 5.05. The zero-order valence-corrected chi connectivity index (χ0v) is 9.30. The van der Waals surface area contributed by atoms with Crippen molar-refractivity contribution in [2.45, 2.75) is 6.61 Å². The number of nitrogens with one attached hydrogen (secondary N) is 2. The van der Waals surface area contributed by atoms with Crippen molar-refractivity contribution in [3.05, 3.63) is 41.7 Å². The van der Waals surface area contributed by atoms with Gasteiger partial charge in [-0.2, -0.15) is 15.4 Å². The van der Waals surface area contributed by atoms with Crippen molar-refractivity contribution >= 4 is 11.6 Å². The van der Waals surface area contributed by atoms with Crippen LogP contribution in [0.15, 0.2) is 30.5 Å². The Morgan fingerprint density at radius 2 is 2.29 bits per heavy atom. The Balaban J connectivity index is 2.15. The van der Waals surface area contributed by atoms with Crippen LogP contribution in [0.5, 0.6) is 0 Å². The normalized spacial score (nSPS) is 10.2. The highest BCUT2D eigenvalue weighted by molar-refractivity contribution is 6.02. The molecule has 0 spiro atoms. The predicted octanol–water partition coefficient (Wildman–Crippen LogP) is 1.20. The molecule has 2 rings (SSSR count). The van der Waals surface area contributed by atoms with Gasteiger partial charge in [-0.1, -0.05) is 18.2 Å². The van der Waals surface area contributed by atoms with E-state index in [4.69, 9.17) is 4.74 Å². The maximum atomic E-state index is 11.8. The van der Waals surface area contributed by atoms with Crippen molar-refractivity contribution in [2.75, 3.05) is 12.4 Å². The van der Waals surface area contributed by atoms with E-state index in [1.165, 1.54) is 6.20 Å². The Hall–Kier alpha value is -2.21. The first kappa shape index (κ1) is 11.3. The topological polar surface area (TPSA) is 79.9 Å². The van der Waals surface area contributed by atoms with Gasteiger partial charge in [0.25, 0.3) is 5.91 Å². The fourth-order valence-electron chi connectivity index (χ4n) is 1.42. The molecule has 0 atom stereocenters. The average molecular weight is 232 g/mol. The number of aromatic amines is 1. The second-order valence-corrected chi connectivity index (χ2v) is 3.40. The molecule has 6 nitrogen and oxygen atoms in total. The molecule has 1 amide bonds. The molecule has 0 aliphatic rings. The number of H-pyrrole nitrogens is 1. The van der Waals surface area contributed by atoms with Gasteiger partial charge >= 0.3 is 0 Å². The number of carbonyl (C=O) groups is 1. The Labute approximate surface area is 98.0 Å². The standard InChI is InChI=1S/C11H12N4O2/c1-17-7-8-4-2-3-5-9(8)13-11(16)10-6-12-15-14-10/h2-6H,7H2,1H3,(H,13,16)(H,12,14,15). The molecule has 0 radical (unpaired) electrons. The molecule has 0 aliphatic carbocycles. The maximum absolute atomic E-state index is 11.8. The van der Waals surface area contributed by atoms with E-state index < -0.39 is 0 Å². The maximum Gasteiger partial charge on any atom is 0.277 e. The minimum absolute atomic E-state index is 0.247. The van der Waals surface area contributed by atoms with Crippen molar-refractivity contribution in [3.63, 3.8) is 0 Å². The van der Waals surface area contributed by atoms with Crippen LogP contribution in [0.4, 0.5) is 5.69 Å². The lowest BCUT2D eigenvalue weighted by atomic mass is 10.2. The van der Waals surface area contributed by atoms with Crippen LogP contribution in [-0.4, -0.2) is 28.4 Å². The average Bonchev–Trinajstić information content (AvgIpc) is 2.85. The Morgan fingerprint density at radius 1 is 1.47 bits per heavy atom. The van der Waals surface area contributed by atoms with Gasteiger partial charge in [0, 0.05) is 18.4 Å². The molecule has 0 aliphatic heterocycles.